The summed E-state index contributed by atoms with van der Waals surface area (Å²) < 4.78 is 26.9. The fraction of sp³-hybridized carbons (Fsp3) is 0.357. The van der Waals surface area contributed by atoms with Gasteiger partial charge in [0.15, 0.2) is 0 Å². The molecule has 0 saturated carbocycles. The minimum atomic E-state index is -3.36. The number of thiazole rings is 1. The molecule has 0 spiro atoms. The Bertz CT molecular complexity index is 669. The number of rotatable bonds is 7. The van der Waals surface area contributed by atoms with Gasteiger partial charge in [-0.3, -0.25) is 0 Å². The van der Waals surface area contributed by atoms with Crippen LogP contribution in [-0.2, 0) is 22.3 Å². The molecule has 114 valence electrons. The largest absolute Gasteiger partial charge is 0.326 e. The molecule has 1 heterocycles. The van der Waals surface area contributed by atoms with E-state index in [0.29, 0.717) is 13.1 Å². The van der Waals surface area contributed by atoms with Crippen molar-refractivity contribution in [2.45, 2.75) is 25.1 Å². The van der Waals surface area contributed by atoms with Gasteiger partial charge in [-0.15, -0.1) is 11.3 Å². The molecule has 2 rings (SSSR count). The number of hydrogen-bond donors (Lipinski definition) is 2. The van der Waals surface area contributed by atoms with Gasteiger partial charge in [0.2, 0.25) is 10.0 Å². The SMILES string of the molecule is CC(CNS(=O)(=O)Cc1cccc(CN)c1)c1nccs1. The zero-order valence-corrected chi connectivity index (χ0v) is 13.5. The van der Waals surface area contributed by atoms with Crippen molar-refractivity contribution in [2.75, 3.05) is 6.54 Å². The molecule has 1 unspecified atom stereocenters. The van der Waals surface area contributed by atoms with Crippen LogP contribution >= 0.6 is 11.3 Å². The smallest absolute Gasteiger partial charge is 0.215 e. The molecule has 0 bridgehead atoms. The Labute approximate surface area is 129 Å². The third kappa shape index (κ3) is 4.89. The van der Waals surface area contributed by atoms with E-state index in [2.05, 4.69) is 9.71 Å². The van der Waals surface area contributed by atoms with E-state index in [1.54, 1.807) is 12.3 Å². The standard InChI is InChI=1S/C14H19N3O2S2/c1-11(14-16-5-6-20-14)9-17-21(18,19)10-13-4-2-3-12(7-13)8-15/h2-7,11,17H,8-10,15H2,1H3. The lowest BCUT2D eigenvalue weighted by Gasteiger charge is -2.11. The normalized spacial score (nSPS) is 13.2. The van der Waals surface area contributed by atoms with E-state index >= 15 is 0 Å². The summed E-state index contributed by atoms with van der Waals surface area (Å²) in [5, 5.41) is 2.82. The minimum absolute atomic E-state index is 0.0363. The Hall–Kier alpha value is -1.28. The summed E-state index contributed by atoms with van der Waals surface area (Å²) in [6.07, 6.45) is 1.73. The molecule has 0 saturated heterocycles. The predicted molar refractivity (Wildman–Crippen MR) is 85.5 cm³/mol. The van der Waals surface area contributed by atoms with Crippen LogP contribution in [-0.4, -0.2) is 19.9 Å². The molecule has 3 N–H and O–H groups in total. The van der Waals surface area contributed by atoms with Crippen molar-refractivity contribution in [1.82, 2.24) is 9.71 Å². The number of hydrogen-bond acceptors (Lipinski definition) is 5. The Morgan fingerprint density at radius 3 is 2.81 bits per heavy atom. The predicted octanol–water partition coefficient (Wildman–Crippen LogP) is 1.82. The number of benzene rings is 1. The molecular weight excluding hydrogens is 306 g/mol. The van der Waals surface area contributed by atoms with E-state index in [4.69, 9.17) is 5.73 Å². The van der Waals surface area contributed by atoms with Gasteiger partial charge in [0.05, 0.1) is 10.8 Å². The molecule has 21 heavy (non-hydrogen) atoms. The van der Waals surface area contributed by atoms with Crippen molar-refractivity contribution in [1.29, 1.82) is 0 Å². The van der Waals surface area contributed by atoms with Gasteiger partial charge in [0.1, 0.15) is 0 Å². The first kappa shape index (κ1) is 16.1. The van der Waals surface area contributed by atoms with Crippen molar-refractivity contribution in [3.05, 3.63) is 52.0 Å². The molecule has 0 aliphatic carbocycles. The van der Waals surface area contributed by atoms with Gasteiger partial charge in [-0.25, -0.2) is 18.1 Å². The number of nitrogens with two attached hydrogens (primary N) is 1. The number of aromatic nitrogens is 1. The Balaban J connectivity index is 1.95. The number of nitrogens with zero attached hydrogens (tertiary/aromatic N) is 1. The van der Waals surface area contributed by atoms with E-state index < -0.39 is 10.0 Å². The highest BCUT2D eigenvalue weighted by Gasteiger charge is 2.15. The summed E-state index contributed by atoms with van der Waals surface area (Å²) in [6.45, 7) is 2.71. The van der Waals surface area contributed by atoms with Crippen LogP contribution in [0.25, 0.3) is 0 Å². The fourth-order valence-corrected chi connectivity index (χ4v) is 3.86. The molecular formula is C14H19N3O2S2. The minimum Gasteiger partial charge on any atom is -0.326 e. The highest BCUT2D eigenvalue weighted by Crippen LogP contribution is 2.17. The van der Waals surface area contributed by atoms with E-state index in [-0.39, 0.29) is 11.7 Å². The average molecular weight is 325 g/mol. The first-order valence-corrected chi connectivity index (χ1v) is 9.18. The van der Waals surface area contributed by atoms with E-state index in [9.17, 15) is 8.42 Å². The lowest BCUT2D eigenvalue weighted by Crippen LogP contribution is -2.28. The summed E-state index contributed by atoms with van der Waals surface area (Å²) in [5.74, 6) is 0.0287. The molecule has 5 nitrogen and oxygen atoms in total. The summed E-state index contributed by atoms with van der Waals surface area (Å²) >= 11 is 1.53. The molecule has 1 aromatic heterocycles. The van der Waals surface area contributed by atoms with Crippen molar-refractivity contribution < 1.29 is 8.42 Å². The van der Waals surface area contributed by atoms with Crippen molar-refractivity contribution in [3.63, 3.8) is 0 Å². The summed E-state index contributed by atoms with van der Waals surface area (Å²) in [4.78, 5) is 4.19. The quantitative estimate of drug-likeness (QED) is 0.813. The summed E-state index contributed by atoms with van der Waals surface area (Å²) in [5.41, 5.74) is 7.24. The molecule has 0 aliphatic rings. The monoisotopic (exact) mass is 325 g/mol. The average Bonchev–Trinajstić information content (AvgIpc) is 2.99. The molecule has 2 aromatic rings. The maximum atomic E-state index is 12.1. The van der Waals surface area contributed by atoms with Crippen LogP contribution in [0.2, 0.25) is 0 Å². The summed E-state index contributed by atoms with van der Waals surface area (Å²) in [7, 11) is -3.36. The van der Waals surface area contributed by atoms with Crippen LogP contribution in [0.15, 0.2) is 35.8 Å². The van der Waals surface area contributed by atoms with Crippen LogP contribution < -0.4 is 10.5 Å². The second-order valence-corrected chi connectivity index (χ2v) is 7.64. The van der Waals surface area contributed by atoms with Gasteiger partial charge < -0.3 is 5.73 Å². The molecule has 0 aliphatic heterocycles. The van der Waals surface area contributed by atoms with Crippen LogP contribution in [0.1, 0.15) is 29.0 Å². The second kappa shape index (κ2) is 7.13. The first-order valence-electron chi connectivity index (χ1n) is 6.65. The van der Waals surface area contributed by atoms with E-state index in [1.807, 2.05) is 30.5 Å². The van der Waals surface area contributed by atoms with Crippen LogP contribution in [0, 0.1) is 0 Å². The zero-order chi connectivity index (χ0) is 15.3. The lowest BCUT2D eigenvalue weighted by atomic mass is 10.1. The number of nitrogens with one attached hydrogen (secondary N) is 1. The van der Waals surface area contributed by atoms with Crippen molar-refractivity contribution >= 4 is 21.4 Å². The Morgan fingerprint density at radius 1 is 1.38 bits per heavy atom. The maximum Gasteiger partial charge on any atom is 0.215 e. The lowest BCUT2D eigenvalue weighted by molar-refractivity contribution is 0.574. The molecule has 0 amide bonds. The van der Waals surface area contributed by atoms with Crippen molar-refractivity contribution in [2.24, 2.45) is 5.73 Å². The van der Waals surface area contributed by atoms with Gasteiger partial charge in [-0.1, -0.05) is 31.2 Å². The molecule has 0 fully saturated rings. The third-order valence-electron chi connectivity index (χ3n) is 3.07. The van der Waals surface area contributed by atoms with Gasteiger partial charge in [0, 0.05) is 30.6 Å². The van der Waals surface area contributed by atoms with Gasteiger partial charge in [-0.2, -0.15) is 0 Å². The number of sulfonamides is 1. The van der Waals surface area contributed by atoms with Crippen LogP contribution in [0.4, 0.5) is 0 Å². The molecule has 7 heteroatoms. The van der Waals surface area contributed by atoms with Gasteiger partial charge in [-0.05, 0) is 11.1 Å². The van der Waals surface area contributed by atoms with Gasteiger partial charge >= 0.3 is 0 Å². The second-order valence-electron chi connectivity index (χ2n) is 4.90. The van der Waals surface area contributed by atoms with Crippen molar-refractivity contribution in [3.8, 4) is 0 Å². The van der Waals surface area contributed by atoms with Crippen LogP contribution in [0.3, 0.4) is 0 Å². The van der Waals surface area contributed by atoms with E-state index in [1.165, 1.54) is 11.3 Å². The first-order chi connectivity index (χ1) is 10.00. The zero-order valence-electron chi connectivity index (χ0n) is 11.8. The van der Waals surface area contributed by atoms with Gasteiger partial charge in [0.25, 0.3) is 0 Å². The molecule has 1 atom stereocenters. The summed E-state index contributed by atoms with van der Waals surface area (Å²) in [6, 6.07) is 7.32. The topological polar surface area (TPSA) is 85.1 Å². The molecule has 1 aromatic carbocycles. The third-order valence-corrected chi connectivity index (χ3v) is 5.39. The highest BCUT2D eigenvalue weighted by molar-refractivity contribution is 7.88. The Morgan fingerprint density at radius 2 is 2.14 bits per heavy atom. The van der Waals surface area contributed by atoms with Crippen LogP contribution in [0.5, 0.6) is 0 Å². The maximum absolute atomic E-state index is 12.1. The highest BCUT2D eigenvalue weighted by atomic mass is 32.2. The van der Waals surface area contributed by atoms with E-state index in [0.717, 1.165) is 16.1 Å². The molecule has 0 radical (unpaired) electrons. The Kier molecular flexibility index (Phi) is 5.46. The fourth-order valence-electron chi connectivity index (χ4n) is 1.93.